The number of rotatable bonds is 4. The molecule has 0 spiro atoms. The average molecular weight is 252 g/mol. The number of carbonyl (C=O) groups excluding carboxylic acids is 1. The summed E-state index contributed by atoms with van der Waals surface area (Å²) < 4.78 is 10.5. The molecule has 1 saturated heterocycles. The third kappa shape index (κ3) is 2.72. The van der Waals surface area contributed by atoms with E-state index in [0.717, 1.165) is 19.6 Å². The quantitative estimate of drug-likeness (QED) is 0.888. The molecule has 1 aliphatic rings. The predicted molar refractivity (Wildman–Crippen MR) is 66.6 cm³/mol. The first-order chi connectivity index (χ1) is 8.59. The third-order valence-electron chi connectivity index (χ3n) is 3.22. The van der Waals surface area contributed by atoms with Crippen molar-refractivity contribution in [3.05, 3.63) is 17.0 Å². The summed E-state index contributed by atoms with van der Waals surface area (Å²) in [5.41, 5.74) is 1.24. The number of nitrogens with zero attached hydrogens (tertiary/aromatic N) is 1. The van der Waals surface area contributed by atoms with Crippen LogP contribution >= 0.6 is 0 Å². The zero-order valence-corrected chi connectivity index (χ0v) is 11.2. The minimum Gasteiger partial charge on any atom is -0.381 e. The summed E-state index contributed by atoms with van der Waals surface area (Å²) >= 11 is 0. The summed E-state index contributed by atoms with van der Waals surface area (Å²) in [5.74, 6) is 1.15. The molecule has 1 atom stereocenters. The number of ether oxygens (including phenoxy) is 1. The van der Waals surface area contributed by atoms with Crippen LogP contribution < -0.4 is 5.32 Å². The van der Waals surface area contributed by atoms with Gasteiger partial charge in [-0.2, -0.15) is 0 Å². The topological polar surface area (TPSA) is 64.4 Å². The number of aromatic nitrogens is 1. The maximum atomic E-state index is 12.2. The standard InChI is InChI=1S/C13H20N2O3/c1-8(2)12-11(9(3)15-18-12)13(16)14-6-10-4-5-17-7-10/h8,10H,4-7H2,1-3H3,(H,14,16)/t10-/m1/s1. The average Bonchev–Trinajstić information content (AvgIpc) is 2.94. The summed E-state index contributed by atoms with van der Waals surface area (Å²) in [6.07, 6.45) is 1.01. The molecule has 0 radical (unpaired) electrons. The van der Waals surface area contributed by atoms with Crippen molar-refractivity contribution in [2.75, 3.05) is 19.8 Å². The van der Waals surface area contributed by atoms with Crippen molar-refractivity contribution >= 4 is 5.91 Å². The first-order valence-electron chi connectivity index (χ1n) is 6.41. The highest BCUT2D eigenvalue weighted by Gasteiger charge is 2.23. The lowest BCUT2D eigenvalue weighted by Crippen LogP contribution is -2.30. The van der Waals surface area contributed by atoms with Gasteiger partial charge < -0.3 is 14.6 Å². The Hall–Kier alpha value is -1.36. The predicted octanol–water partition coefficient (Wildman–Crippen LogP) is 1.87. The molecular weight excluding hydrogens is 232 g/mol. The molecule has 1 aromatic rings. The zero-order valence-electron chi connectivity index (χ0n) is 11.2. The second-order valence-electron chi connectivity index (χ2n) is 5.10. The molecule has 1 fully saturated rings. The van der Waals surface area contributed by atoms with Crippen LogP contribution in [0.5, 0.6) is 0 Å². The van der Waals surface area contributed by atoms with Gasteiger partial charge in [-0.15, -0.1) is 0 Å². The normalized spacial score (nSPS) is 19.4. The summed E-state index contributed by atoms with van der Waals surface area (Å²) in [5, 5.41) is 6.82. The largest absolute Gasteiger partial charge is 0.381 e. The van der Waals surface area contributed by atoms with Crippen molar-refractivity contribution in [2.45, 2.75) is 33.1 Å². The molecule has 0 saturated carbocycles. The van der Waals surface area contributed by atoms with E-state index in [1.54, 1.807) is 6.92 Å². The van der Waals surface area contributed by atoms with Gasteiger partial charge in [-0.25, -0.2) is 0 Å². The van der Waals surface area contributed by atoms with E-state index < -0.39 is 0 Å². The third-order valence-corrected chi connectivity index (χ3v) is 3.22. The van der Waals surface area contributed by atoms with Gasteiger partial charge in [0.1, 0.15) is 5.56 Å². The Labute approximate surface area is 107 Å². The fourth-order valence-electron chi connectivity index (χ4n) is 2.13. The van der Waals surface area contributed by atoms with Gasteiger partial charge in [0.05, 0.1) is 12.3 Å². The van der Waals surface area contributed by atoms with Crippen molar-refractivity contribution in [3.8, 4) is 0 Å². The number of nitrogens with one attached hydrogen (secondary N) is 1. The minimum atomic E-state index is -0.0932. The van der Waals surface area contributed by atoms with E-state index in [-0.39, 0.29) is 11.8 Å². The second kappa shape index (κ2) is 5.52. The Balaban J connectivity index is 2.01. The van der Waals surface area contributed by atoms with Gasteiger partial charge in [0.2, 0.25) is 0 Å². The van der Waals surface area contributed by atoms with Gasteiger partial charge in [-0.3, -0.25) is 4.79 Å². The Kier molecular flexibility index (Phi) is 4.01. The van der Waals surface area contributed by atoms with Crippen molar-refractivity contribution in [1.29, 1.82) is 0 Å². The first kappa shape index (κ1) is 13.1. The van der Waals surface area contributed by atoms with Crippen LogP contribution in [0.4, 0.5) is 0 Å². The molecule has 5 nitrogen and oxygen atoms in total. The molecular formula is C13H20N2O3. The van der Waals surface area contributed by atoms with Gasteiger partial charge in [0.25, 0.3) is 5.91 Å². The van der Waals surface area contributed by atoms with E-state index in [1.165, 1.54) is 0 Å². The first-order valence-corrected chi connectivity index (χ1v) is 6.41. The molecule has 18 heavy (non-hydrogen) atoms. The van der Waals surface area contributed by atoms with Crippen LogP contribution in [0.15, 0.2) is 4.52 Å². The van der Waals surface area contributed by atoms with Crippen LogP contribution in [0.25, 0.3) is 0 Å². The van der Waals surface area contributed by atoms with E-state index >= 15 is 0 Å². The Bertz CT molecular complexity index is 420. The molecule has 5 heteroatoms. The number of hydrogen-bond acceptors (Lipinski definition) is 4. The van der Waals surface area contributed by atoms with Crippen molar-refractivity contribution in [1.82, 2.24) is 10.5 Å². The highest BCUT2D eigenvalue weighted by Crippen LogP contribution is 2.22. The molecule has 2 rings (SSSR count). The number of amides is 1. The van der Waals surface area contributed by atoms with E-state index in [1.807, 2.05) is 13.8 Å². The molecule has 0 bridgehead atoms. The van der Waals surface area contributed by atoms with Gasteiger partial charge in [-0.05, 0) is 13.3 Å². The molecule has 1 aromatic heterocycles. The van der Waals surface area contributed by atoms with Crippen molar-refractivity contribution in [3.63, 3.8) is 0 Å². The SMILES string of the molecule is Cc1noc(C(C)C)c1C(=O)NC[C@H]1CCOC1. The summed E-state index contributed by atoms with van der Waals surface area (Å²) in [7, 11) is 0. The zero-order chi connectivity index (χ0) is 13.1. The van der Waals surface area contributed by atoms with Crippen LogP contribution in [0.3, 0.4) is 0 Å². The van der Waals surface area contributed by atoms with E-state index in [4.69, 9.17) is 9.26 Å². The van der Waals surface area contributed by atoms with Crippen molar-refractivity contribution in [2.24, 2.45) is 5.92 Å². The fraction of sp³-hybridized carbons (Fsp3) is 0.692. The molecule has 1 amide bonds. The molecule has 0 aliphatic carbocycles. The summed E-state index contributed by atoms with van der Waals surface area (Å²) in [4.78, 5) is 12.2. The molecule has 2 heterocycles. The fourth-order valence-corrected chi connectivity index (χ4v) is 2.13. The second-order valence-corrected chi connectivity index (χ2v) is 5.10. The van der Waals surface area contributed by atoms with E-state index in [0.29, 0.717) is 29.5 Å². The van der Waals surface area contributed by atoms with Gasteiger partial charge >= 0.3 is 0 Å². The minimum absolute atomic E-state index is 0.0932. The lowest BCUT2D eigenvalue weighted by atomic mass is 10.0. The Morgan fingerprint density at radius 1 is 1.56 bits per heavy atom. The van der Waals surface area contributed by atoms with Gasteiger partial charge in [0, 0.05) is 25.0 Å². The Morgan fingerprint density at radius 2 is 2.33 bits per heavy atom. The maximum absolute atomic E-state index is 12.2. The maximum Gasteiger partial charge on any atom is 0.256 e. The smallest absolute Gasteiger partial charge is 0.256 e. The van der Waals surface area contributed by atoms with Gasteiger partial charge in [-0.1, -0.05) is 19.0 Å². The number of carbonyl (C=O) groups is 1. The van der Waals surface area contributed by atoms with E-state index in [2.05, 4.69) is 10.5 Å². The molecule has 0 unspecified atom stereocenters. The van der Waals surface area contributed by atoms with Crippen LogP contribution in [0, 0.1) is 12.8 Å². The lowest BCUT2D eigenvalue weighted by molar-refractivity contribution is 0.0942. The Morgan fingerprint density at radius 3 is 2.94 bits per heavy atom. The van der Waals surface area contributed by atoms with E-state index in [9.17, 15) is 4.79 Å². The number of hydrogen-bond donors (Lipinski definition) is 1. The summed E-state index contributed by atoms with van der Waals surface area (Å²) in [6.45, 7) is 7.96. The van der Waals surface area contributed by atoms with Crippen LogP contribution in [-0.2, 0) is 4.74 Å². The van der Waals surface area contributed by atoms with Gasteiger partial charge in [0.15, 0.2) is 5.76 Å². The lowest BCUT2D eigenvalue weighted by Gasteiger charge is -2.10. The van der Waals surface area contributed by atoms with Crippen LogP contribution in [0.1, 0.15) is 48.0 Å². The highest BCUT2D eigenvalue weighted by atomic mass is 16.5. The molecule has 1 N–H and O–H groups in total. The van der Waals surface area contributed by atoms with Crippen LogP contribution in [-0.4, -0.2) is 30.8 Å². The number of aryl methyl sites for hydroxylation is 1. The molecule has 100 valence electrons. The molecule has 0 aromatic carbocycles. The van der Waals surface area contributed by atoms with Crippen LogP contribution in [0.2, 0.25) is 0 Å². The summed E-state index contributed by atoms with van der Waals surface area (Å²) in [6, 6.07) is 0. The molecule has 1 aliphatic heterocycles. The highest BCUT2D eigenvalue weighted by molar-refractivity contribution is 5.96. The van der Waals surface area contributed by atoms with Crippen molar-refractivity contribution < 1.29 is 14.1 Å². The monoisotopic (exact) mass is 252 g/mol.